The summed E-state index contributed by atoms with van der Waals surface area (Å²) in [6.45, 7) is 0. The molecule has 0 aliphatic heterocycles. The van der Waals surface area contributed by atoms with E-state index in [1.165, 1.54) is 12.8 Å². The number of hydrogen-bond acceptors (Lipinski definition) is 7. The van der Waals surface area contributed by atoms with Crippen molar-refractivity contribution in [2.45, 2.75) is 18.8 Å². The van der Waals surface area contributed by atoms with Crippen LogP contribution in [0.5, 0.6) is 11.5 Å². The van der Waals surface area contributed by atoms with E-state index in [4.69, 9.17) is 17.3 Å². The number of H-pyrrole nitrogens is 1. The Balaban J connectivity index is 1.56. The van der Waals surface area contributed by atoms with Crippen LogP contribution in [-0.4, -0.2) is 42.2 Å². The van der Waals surface area contributed by atoms with Crippen LogP contribution in [0.4, 0.5) is 23.3 Å². The van der Waals surface area contributed by atoms with Crippen LogP contribution in [0.3, 0.4) is 0 Å². The molecular formula is C18H19BN6O2. The van der Waals surface area contributed by atoms with Crippen molar-refractivity contribution in [3.8, 4) is 11.5 Å². The van der Waals surface area contributed by atoms with E-state index in [1.807, 2.05) is 12.1 Å². The quantitative estimate of drug-likeness (QED) is 0.555. The molecule has 3 N–H and O–H groups in total. The summed E-state index contributed by atoms with van der Waals surface area (Å²) in [4.78, 5) is 8.69. The van der Waals surface area contributed by atoms with Gasteiger partial charge in [-0.15, -0.1) is 0 Å². The Morgan fingerprint density at radius 3 is 2.74 bits per heavy atom. The fourth-order valence-corrected chi connectivity index (χ4v) is 2.71. The molecule has 2 aromatic heterocycles. The Morgan fingerprint density at radius 2 is 2.00 bits per heavy atom. The van der Waals surface area contributed by atoms with Gasteiger partial charge in [0, 0.05) is 29.9 Å². The average molecular weight is 362 g/mol. The molecule has 3 aromatic rings. The third-order valence-corrected chi connectivity index (χ3v) is 4.33. The summed E-state index contributed by atoms with van der Waals surface area (Å²) < 4.78 is 10.6. The largest absolute Gasteiger partial charge is 0.497 e. The first-order valence-corrected chi connectivity index (χ1v) is 8.60. The van der Waals surface area contributed by atoms with Gasteiger partial charge in [-0.05, 0) is 30.4 Å². The molecule has 1 aliphatic rings. The minimum atomic E-state index is 0.371. The van der Waals surface area contributed by atoms with E-state index in [2.05, 4.69) is 30.8 Å². The number of aromatic nitrogens is 4. The van der Waals surface area contributed by atoms with Crippen LogP contribution >= 0.6 is 0 Å². The molecule has 9 heteroatoms. The van der Waals surface area contributed by atoms with Crippen molar-refractivity contribution in [3.63, 3.8) is 0 Å². The lowest BCUT2D eigenvalue weighted by Crippen LogP contribution is -2.14. The number of ether oxygens (including phenoxy) is 2. The van der Waals surface area contributed by atoms with Gasteiger partial charge in [-0.25, -0.2) is 4.98 Å². The van der Waals surface area contributed by atoms with E-state index in [9.17, 15) is 0 Å². The third kappa shape index (κ3) is 3.81. The lowest BCUT2D eigenvalue weighted by atomic mass is 9.99. The standard InChI is InChI=1S/C18H19BN6O2/c1-26-11-5-6-15(27-2)14(7-11)21-18-20-9-12(19)17(23-18)22-16-8-13(24-25-16)10-3-4-10/h5-10H,3-4H2,1-2H3,(H3,20,21,22,23,24,25). The normalized spacial score (nSPS) is 13.3. The van der Waals surface area contributed by atoms with Crippen molar-refractivity contribution >= 4 is 36.6 Å². The van der Waals surface area contributed by atoms with E-state index in [0.717, 1.165) is 5.69 Å². The molecule has 0 bridgehead atoms. The maximum absolute atomic E-state index is 6.01. The molecule has 0 amide bonds. The Hall–Kier alpha value is -3.23. The van der Waals surface area contributed by atoms with Gasteiger partial charge in [0.1, 0.15) is 25.2 Å². The predicted molar refractivity (Wildman–Crippen MR) is 104 cm³/mol. The summed E-state index contributed by atoms with van der Waals surface area (Å²) in [6.07, 6.45) is 3.94. The molecule has 2 radical (unpaired) electrons. The van der Waals surface area contributed by atoms with Crippen molar-refractivity contribution in [1.29, 1.82) is 0 Å². The molecule has 27 heavy (non-hydrogen) atoms. The van der Waals surface area contributed by atoms with Crippen LogP contribution < -0.4 is 25.6 Å². The molecule has 0 spiro atoms. The highest BCUT2D eigenvalue weighted by Gasteiger charge is 2.25. The van der Waals surface area contributed by atoms with E-state index >= 15 is 0 Å². The number of anilines is 4. The third-order valence-electron chi connectivity index (χ3n) is 4.33. The Kier molecular flexibility index (Phi) is 4.58. The van der Waals surface area contributed by atoms with Gasteiger partial charge in [-0.2, -0.15) is 10.1 Å². The van der Waals surface area contributed by atoms with Gasteiger partial charge in [0.15, 0.2) is 5.82 Å². The maximum atomic E-state index is 6.01. The highest BCUT2D eigenvalue weighted by atomic mass is 16.5. The van der Waals surface area contributed by atoms with Crippen molar-refractivity contribution in [1.82, 2.24) is 20.2 Å². The number of nitrogens with one attached hydrogen (secondary N) is 3. The molecule has 136 valence electrons. The van der Waals surface area contributed by atoms with Crippen LogP contribution in [0.2, 0.25) is 0 Å². The van der Waals surface area contributed by atoms with Crippen LogP contribution in [-0.2, 0) is 0 Å². The second-order valence-corrected chi connectivity index (χ2v) is 6.30. The van der Waals surface area contributed by atoms with Crippen molar-refractivity contribution < 1.29 is 9.47 Å². The Morgan fingerprint density at radius 1 is 1.15 bits per heavy atom. The molecule has 1 aromatic carbocycles. The second-order valence-electron chi connectivity index (χ2n) is 6.30. The van der Waals surface area contributed by atoms with Crippen LogP contribution in [0.1, 0.15) is 24.5 Å². The molecule has 1 aliphatic carbocycles. The van der Waals surface area contributed by atoms with Gasteiger partial charge in [-0.1, -0.05) is 0 Å². The minimum absolute atomic E-state index is 0.371. The monoisotopic (exact) mass is 362 g/mol. The Labute approximate surface area is 158 Å². The SMILES string of the molecule is [B]c1cnc(Nc2cc(OC)ccc2OC)nc1Nc1cc(C2CC2)[nH]n1. The van der Waals surface area contributed by atoms with Gasteiger partial charge in [-0.3, -0.25) is 5.10 Å². The second kappa shape index (κ2) is 7.18. The molecular weight excluding hydrogens is 343 g/mol. The topological polar surface area (TPSA) is 97.0 Å². The first-order chi connectivity index (χ1) is 13.2. The summed E-state index contributed by atoms with van der Waals surface area (Å²) in [5.74, 6) is 3.45. The Bertz CT molecular complexity index is 957. The smallest absolute Gasteiger partial charge is 0.229 e. The molecule has 0 unspecified atom stereocenters. The van der Waals surface area contributed by atoms with Crippen molar-refractivity contribution in [2.75, 3.05) is 24.9 Å². The molecule has 1 saturated carbocycles. The number of benzene rings is 1. The molecule has 0 atom stereocenters. The van der Waals surface area contributed by atoms with Gasteiger partial charge >= 0.3 is 0 Å². The van der Waals surface area contributed by atoms with E-state index in [-0.39, 0.29) is 0 Å². The predicted octanol–water partition coefficient (Wildman–Crippen LogP) is 2.38. The number of methoxy groups -OCH3 is 2. The summed E-state index contributed by atoms with van der Waals surface area (Å²) in [5, 5.41) is 13.6. The zero-order valence-electron chi connectivity index (χ0n) is 15.1. The van der Waals surface area contributed by atoms with E-state index in [0.29, 0.717) is 46.2 Å². The summed E-state index contributed by atoms with van der Waals surface area (Å²) in [5.41, 5.74) is 2.24. The summed E-state index contributed by atoms with van der Waals surface area (Å²) in [6, 6.07) is 7.41. The van der Waals surface area contributed by atoms with Crippen molar-refractivity contribution in [2.24, 2.45) is 0 Å². The lowest BCUT2D eigenvalue weighted by molar-refractivity contribution is 0.405. The van der Waals surface area contributed by atoms with Gasteiger partial charge in [0.25, 0.3) is 0 Å². The van der Waals surface area contributed by atoms with Crippen LogP contribution in [0, 0.1) is 0 Å². The van der Waals surface area contributed by atoms with Crippen molar-refractivity contribution in [3.05, 3.63) is 36.2 Å². The average Bonchev–Trinajstić information content (AvgIpc) is 3.43. The molecule has 0 saturated heterocycles. The summed E-state index contributed by atoms with van der Waals surface area (Å²) >= 11 is 0. The molecule has 4 rings (SSSR count). The molecule has 2 heterocycles. The van der Waals surface area contributed by atoms with Gasteiger partial charge < -0.3 is 20.1 Å². The highest BCUT2D eigenvalue weighted by Crippen LogP contribution is 2.39. The molecule has 8 nitrogen and oxygen atoms in total. The zero-order chi connectivity index (χ0) is 18.8. The van der Waals surface area contributed by atoms with E-state index < -0.39 is 0 Å². The lowest BCUT2D eigenvalue weighted by Gasteiger charge is -2.13. The van der Waals surface area contributed by atoms with E-state index in [1.54, 1.807) is 32.5 Å². The first-order valence-electron chi connectivity index (χ1n) is 8.60. The maximum Gasteiger partial charge on any atom is 0.229 e. The van der Waals surface area contributed by atoms with Gasteiger partial charge in [0.05, 0.1) is 19.9 Å². The fourth-order valence-electron chi connectivity index (χ4n) is 2.71. The number of hydrogen-bond donors (Lipinski definition) is 3. The van der Waals surface area contributed by atoms with Crippen LogP contribution in [0.25, 0.3) is 0 Å². The first kappa shape index (κ1) is 17.2. The van der Waals surface area contributed by atoms with Gasteiger partial charge in [0.2, 0.25) is 5.95 Å². The number of aromatic amines is 1. The number of rotatable bonds is 7. The summed E-state index contributed by atoms with van der Waals surface area (Å²) in [7, 11) is 9.21. The highest BCUT2D eigenvalue weighted by molar-refractivity contribution is 6.35. The molecule has 1 fully saturated rings. The zero-order valence-corrected chi connectivity index (χ0v) is 15.1. The van der Waals surface area contributed by atoms with Crippen LogP contribution in [0.15, 0.2) is 30.5 Å². The fraction of sp³-hybridized carbons (Fsp3) is 0.278. The minimum Gasteiger partial charge on any atom is -0.497 e. The number of nitrogens with zero attached hydrogens (tertiary/aromatic N) is 3.